The Bertz CT molecular complexity index is 6740. The van der Waals surface area contributed by atoms with Crippen LogP contribution in [0, 0.1) is 88.9 Å². The van der Waals surface area contributed by atoms with Gasteiger partial charge in [0.2, 0.25) is 39.7 Å². The number of hydrogen-bond acceptors (Lipinski definition) is 0. The normalized spacial score (nSPS) is 11.9. The highest BCUT2D eigenvalue weighted by Crippen LogP contribution is 2.39. The Labute approximate surface area is 717 Å². The van der Waals surface area contributed by atoms with Crippen LogP contribution in [-0.4, -0.2) is 0 Å². The molecule has 12 aromatic carbocycles. The van der Waals surface area contributed by atoms with E-state index < -0.39 is 0 Å². The molecule has 0 bridgehead atoms. The molecule has 6 heterocycles. The summed E-state index contributed by atoms with van der Waals surface area (Å²) >= 11 is 0. The summed E-state index contributed by atoms with van der Waals surface area (Å²) in [5, 5.41) is 14.1. The Morgan fingerprint density at radius 1 is 0.256 bits per heavy atom. The fourth-order valence-corrected chi connectivity index (χ4v) is 18.1. The maximum absolute atomic E-state index is 14.8. The largest absolute Gasteiger partial charge is 0.220 e. The zero-order valence-electron chi connectivity index (χ0n) is 74.2. The Morgan fingerprint density at radius 3 is 1.19 bits per heavy atom. The van der Waals surface area contributed by atoms with Crippen LogP contribution >= 0.6 is 0 Å². The molecule has 121 heavy (non-hydrogen) atoms. The predicted molar refractivity (Wildman–Crippen MR) is 506 cm³/mol. The molecule has 18 aromatic rings. The summed E-state index contributed by atoms with van der Waals surface area (Å²) in [6.07, 6.45) is 16.7. The quantitative estimate of drug-likeness (QED) is 0.142. The van der Waals surface area contributed by atoms with Crippen LogP contribution in [-0.2, 0) is 42.3 Å². The van der Waals surface area contributed by atoms with Crippen molar-refractivity contribution in [1.29, 1.82) is 0 Å². The second kappa shape index (κ2) is 37.5. The lowest BCUT2D eigenvalue weighted by Gasteiger charge is -2.22. The molecule has 0 spiro atoms. The van der Waals surface area contributed by atoms with Crippen LogP contribution in [0.1, 0.15) is 110 Å². The van der Waals surface area contributed by atoms with E-state index in [2.05, 4.69) is 463 Å². The molecule has 0 unspecified atom stereocenters. The van der Waals surface area contributed by atoms with E-state index in [9.17, 15) is 4.39 Å². The lowest BCUT2D eigenvalue weighted by molar-refractivity contribution is -0.659. The third-order valence-electron chi connectivity index (χ3n) is 24.8. The van der Waals surface area contributed by atoms with Gasteiger partial charge in [0.05, 0.1) is 26.9 Å². The summed E-state index contributed by atoms with van der Waals surface area (Å²) in [6.45, 7) is 26.0. The number of hydrogen-bond donors (Lipinski definition) is 0. The lowest BCUT2D eigenvalue weighted by atomic mass is 9.83. The van der Waals surface area contributed by atoms with Crippen LogP contribution in [0.3, 0.4) is 0 Å². The first-order chi connectivity index (χ1) is 58.4. The van der Waals surface area contributed by atoms with Crippen molar-refractivity contribution in [2.24, 2.45) is 42.3 Å². The van der Waals surface area contributed by atoms with E-state index in [1.807, 2.05) is 0 Å². The summed E-state index contributed by atoms with van der Waals surface area (Å²) in [4.78, 5) is 0. The van der Waals surface area contributed by atoms with Crippen molar-refractivity contribution in [3.8, 4) is 67.5 Å². The zero-order chi connectivity index (χ0) is 85.3. The fraction of sp³-hybridized carbons (Fsp3) is 0.211. The molecule has 0 N–H and O–H groups in total. The highest BCUT2D eigenvalue weighted by atomic mass is 19.1. The van der Waals surface area contributed by atoms with Gasteiger partial charge < -0.3 is 0 Å². The molecule has 1 fully saturated rings. The SMILES string of the molecule is Cc1cc(C)c(C)c(-c2ccc3cc(F)c(C4CCCCC4)cc3[n+]2C)c1.Cc1ccc2c(-c3ccccc3C)[n+](C)ccc2c1.Cc1ccc2cc[n+](C)c(-c3ccccc3C)c2c1.Cc1ccccc1-c1c2cccc(C)c2cc[n+]1C.Cc1ccccc1-c1c2ccccc2c(C)c[n+]1C.Cc1ccccc1-c1c2ccccc2cc[n+]1C. The Balaban J connectivity index is 0.000000119. The topological polar surface area (TPSA) is 23.3 Å². The smallest absolute Gasteiger partial charge is 0.207 e. The predicted octanol–water partition coefficient (Wildman–Crippen LogP) is 25.9. The van der Waals surface area contributed by atoms with Crippen LogP contribution in [0.25, 0.3) is 132 Å². The van der Waals surface area contributed by atoms with Gasteiger partial charge in [-0.15, -0.1) is 0 Å². The first-order valence-corrected chi connectivity index (χ1v) is 42.8. The van der Waals surface area contributed by atoms with E-state index >= 15 is 0 Å². The second-order valence-corrected chi connectivity index (χ2v) is 33.6. The molecule has 0 amide bonds. The standard InChI is InChI=1S/C25H29FN.4C18H18N.C17H16N/c1-16-12-17(2)18(3)21(13-16)24-11-10-20-14-23(26)22(15-25(20)27(24)4)19-8-6-5-7-9-19;1-13-8-4-5-10-16(13)18-17-11-7-6-9-15(17)14(2)12-19(18)3;1-13-8-6-10-17-15(13)11-12-19(3)18(17)16-9-5-4-7-14(16)2;1-13-8-9-17-15(12-13)10-11-19(3)18(17)16-7-5-4-6-14(16)2;1-13-8-9-15-10-11-19(3)18(17(15)12-13)16-7-5-4-6-14(16)2;1-13-7-3-5-9-15(13)17-16-10-6-4-8-14(16)11-12-18(17)2/h10-15,19H,5-9H2,1-4H3;4*4-12H,1-3H3;3-12H,1-2H3/q6*+1. The Kier molecular flexibility index (Phi) is 26.2. The fourth-order valence-electron chi connectivity index (χ4n) is 18.1. The highest BCUT2D eigenvalue weighted by Gasteiger charge is 2.27. The number of nitrogens with zero attached hydrogens (tertiary/aromatic N) is 6. The minimum absolute atomic E-state index is 0.0373. The molecule has 1 aliphatic carbocycles. The summed E-state index contributed by atoms with van der Waals surface area (Å²) in [5.74, 6) is 0.333. The minimum Gasteiger partial charge on any atom is -0.207 e. The summed E-state index contributed by atoms with van der Waals surface area (Å²) in [5.41, 5.74) is 33.1. The first-order valence-electron chi connectivity index (χ1n) is 42.8. The number of aryl methyl sites for hydroxylation is 17. The molecule has 19 rings (SSSR count). The summed E-state index contributed by atoms with van der Waals surface area (Å²) < 4.78 is 28.1. The van der Waals surface area contributed by atoms with Crippen molar-refractivity contribution in [3.63, 3.8) is 0 Å². The highest BCUT2D eigenvalue weighted by molar-refractivity contribution is 5.99. The van der Waals surface area contributed by atoms with Crippen LogP contribution in [0.5, 0.6) is 0 Å². The maximum Gasteiger partial charge on any atom is 0.220 e. The number of halogens is 1. The van der Waals surface area contributed by atoms with Crippen LogP contribution in [0.4, 0.5) is 4.39 Å². The average Bonchev–Trinajstić information content (AvgIpc) is 0.750. The van der Waals surface area contributed by atoms with E-state index in [4.69, 9.17) is 0 Å². The van der Waals surface area contributed by atoms with E-state index in [1.165, 1.54) is 207 Å². The summed E-state index contributed by atoms with van der Waals surface area (Å²) in [7, 11) is 12.7. The van der Waals surface area contributed by atoms with Gasteiger partial charge in [0, 0.05) is 80.7 Å². The van der Waals surface area contributed by atoms with Gasteiger partial charge in [0.25, 0.3) is 0 Å². The van der Waals surface area contributed by atoms with Gasteiger partial charge in [-0.2, -0.15) is 4.57 Å². The van der Waals surface area contributed by atoms with Crippen molar-refractivity contribution in [3.05, 3.63) is 394 Å². The number of rotatable bonds is 7. The van der Waals surface area contributed by atoms with Gasteiger partial charge in [0.15, 0.2) is 31.0 Å². The Hall–Kier alpha value is -13.0. The molecule has 604 valence electrons. The lowest BCUT2D eigenvalue weighted by Crippen LogP contribution is -2.32. The van der Waals surface area contributed by atoms with Crippen LogP contribution < -0.4 is 27.4 Å². The third-order valence-corrected chi connectivity index (χ3v) is 24.8. The second-order valence-electron chi connectivity index (χ2n) is 33.6. The van der Waals surface area contributed by atoms with Gasteiger partial charge >= 0.3 is 0 Å². The number of fused-ring (bicyclic) bond motifs is 6. The summed E-state index contributed by atoms with van der Waals surface area (Å²) in [6, 6.07) is 101. The average molecular weight is 1590 g/mol. The molecule has 6 nitrogen and oxygen atoms in total. The molecular formula is C114H117FN6+6. The van der Waals surface area contributed by atoms with Crippen LogP contribution in [0.2, 0.25) is 0 Å². The molecular weight excluding hydrogens is 1470 g/mol. The molecule has 1 aliphatic rings. The number of pyridine rings is 6. The van der Waals surface area contributed by atoms with Crippen molar-refractivity contribution in [2.75, 3.05) is 0 Å². The first kappa shape index (κ1) is 84.5. The molecule has 1 saturated carbocycles. The minimum atomic E-state index is -0.0373. The van der Waals surface area contributed by atoms with Gasteiger partial charge in [-0.1, -0.05) is 206 Å². The molecule has 0 atom stereocenters. The monoisotopic (exact) mass is 1590 g/mol. The van der Waals surface area contributed by atoms with Crippen molar-refractivity contribution in [1.82, 2.24) is 0 Å². The Morgan fingerprint density at radius 2 is 0.653 bits per heavy atom. The van der Waals surface area contributed by atoms with Gasteiger partial charge in [0.1, 0.15) is 48.1 Å². The van der Waals surface area contributed by atoms with Gasteiger partial charge in [-0.3, -0.25) is 0 Å². The van der Waals surface area contributed by atoms with Crippen molar-refractivity contribution in [2.45, 2.75) is 121 Å². The molecule has 0 radical (unpaired) electrons. The molecule has 0 saturated heterocycles. The van der Waals surface area contributed by atoms with E-state index in [-0.39, 0.29) is 5.82 Å². The third kappa shape index (κ3) is 18.4. The zero-order valence-corrected chi connectivity index (χ0v) is 74.2. The number of benzene rings is 12. The van der Waals surface area contributed by atoms with E-state index in [0.717, 1.165) is 29.3 Å². The molecule has 6 aromatic heterocycles. The van der Waals surface area contributed by atoms with E-state index in [0.29, 0.717) is 5.92 Å². The van der Waals surface area contributed by atoms with Crippen LogP contribution in [0.15, 0.2) is 316 Å². The van der Waals surface area contributed by atoms with E-state index in [1.54, 1.807) is 6.07 Å². The number of aromatic nitrogens is 6. The molecule has 7 heteroatoms. The van der Waals surface area contributed by atoms with Crippen molar-refractivity contribution >= 4 is 64.8 Å². The van der Waals surface area contributed by atoms with Gasteiger partial charge in [-0.25, -0.2) is 27.2 Å². The van der Waals surface area contributed by atoms with Crippen molar-refractivity contribution < 1.29 is 31.8 Å². The van der Waals surface area contributed by atoms with Gasteiger partial charge in [-0.05, 0) is 258 Å². The molecule has 0 aliphatic heterocycles. The maximum atomic E-state index is 14.8.